The minimum Gasteiger partial charge on any atom is -0.337 e. The molecule has 148 valence electrons. The number of hydrogen-bond acceptors (Lipinski definition) is 6. The van der Waals surface area contributed by atoms with Gasteiger partial charge in [0, 0.05) is 15.6 Å². The normalized spacial score (nSPS) is 11.3. The van der Waals surface area contributed by atoms with Gasteiger partial charge in [0.2, 0.25) is 11.7 Å². The fourth-order valence-electron chi connectivity index (χ4n) is 3.00. The standard InChI is InChI=1S/C20H12BrFN6O2/c21-14-3-1-2-13(8-14)19-24-18(30-26-19)10-27-20(29)17-9-16(25-28(17)11-23-27)12-4-6-15(22)7-5-12/h1-9,11H,10H2. The number of nitrogens with zero attached hydrogens (tertiary/aromatic N) is 6. The molecule has 30 heavy (non-hydrogen) atoms. The highest BCUT2D eigenvalue weighted by Crippen LogP contribution is 2.21. The van der Waals surface area contributed by atoms with E-state index in [-0.39, 0.29) is 23.8 Å². The first-order chi connectivity index (χ1) is 14.6. The molecule has 0 unspecified atom stereocenters. The van der Waals surface area contributed by atoms with E-state index < -0.39 is 0 Å². The van der Waals surface area contributed by atoms with Crippen molar-refractivity contribution in [1.82, 2.24) is 29.5 Å². The Hall–Kier alpha value is -3.66. The van der Waals surface area contributed by atoms with Gasteiger partial charge in [-0.15, -0.1) is 0 Å². The van der Waals surface area contributed by atoms with Gasteiger partial charge >= 0.3 is 0 Å². The summed E-state index contributed by atoms with van der Waals surface area (Å²) in [6, 6.07) is 15.0. The largest absolute Gasteiger partial charge is 0.337 e. The monoisotopic (exact) mass is 466 g/mol. The second kappa shape index (κ2) is 7.30. The summed E-state index contributed by atoms with van der Waals surface area (Å²) in [5.41, 5.74) is 1.99. The lowest BCUT2D eigenvalue weighted by molar-refractivity contribution is 0.362. The minimum absolute atomic E-state index is 0.0212. The Kier molecular flexibility index (Phi) is 4.47. The van der Waals surface area contributed by atoms with E-state index in [0.29, 0.717) is 22.6 Å². The van der Waals surface area contributed by atoms with Gasteiger partial charge in [-0.05, 0) is 42.5 Å². The third-order valence-corrected chi connectivity index (χ3v) is 4.96. The zero-order chi connectivity index (χ0) is 20.7. The number of hydrogen-bond donors (Lipinski definition) is 0. The first-order valence-electron chi connectivity index (χ1n) is 8.87. The second-order valence-electron chi connectivity index (χ2n) is 6.48. The van der Waals surface area contributed by atoms with Gasteiger partial charge in [0.1, 0.15) is 24.2 Å². The predicted molar refractivity (Wildman–Crippen MR) is 109 cm³/mol. The van der Waals surface area contributed by atoms with E-state index in [1.54, 1.807) is 18.2 Å². The van der Waals surface area contributed by atoms with Crippen molar-refractivity contribution in [2.75, 3.05) is 0 Å². The Morgan fingerprint density at radius 1 is 1.07 bits per heavy atom. The number of halogens is 2. The van der Waals surface area contributed by atoms with Crippen molar-refractivity contribution >= 4 is 21.4 Å². The molecule has 3 heterocycles. The average molecular weight is 467 g/mol. The molecule has 0 radical (unpaired) electrons. The predicted octanol–water partition coefficient (Wildman–Crippen LogP) is 3.56. The van der Waals surface area contributed by atoms with E-state index >= 15 is 0 Å². The Bertz CT molecular complexity index is 1420. The fraction of sp³-hybridized carbons (Fsp3) is 0.0500. The van der Waals surface area contributed by atoms with Crippen LogP contribution in [-0.2, 0) is 6.54 Å². The lowest BCUT2D eigenvalue weighted by Crippen LogP contribution is -2.25. The number of benzene rings is 2. The van der Waals surface area contributed by atoms with Crippen LogP contribution in [0.25, 0.3) is 28.2 Å². The quantitative estimate of drug-likeness (QED) is 0.402. The lowest BCUT2D eigenvalue weighted by atomic mass is 10.1. The van der Waals surface area contributed by atoms with Crippen molar-refractivity contribution in [3.63, 3.8) is 0 Å². The molecular weight excluding hydrogens is 455 g/mol. The molecule has 5 aromatic rings. The molecule has 0 spiro atoms. The van der Waals surface area contributed by atoms with Crippen LogP contribution in [0.15, 0.2) is 74.7 Å². The lowest BCUT2D eigenvalue weighted by Gasteiger charge is -2.00. The van der Waals surface area contributed by atoms with Crippen molar-refractivity contribution in [2.45, 2.75) is 6.54 Å². The Balaban J connectivity index is 1.46. The maximum absolute atomic E-state index is 13.1. The summed E-state index contributed by atoms with van der Waals surface area (Å²) in [6.45, 7) is 0.0212. The highest BCUT2D eigenvalue weighted by Gasteiger charge is 2.14. The molecule has 0 saturated heterocycles. The summed E-state index contributed by atoms with van der Waals surface area (Å²) in [6.07, 6.45) is 1.43. The summed E-state index contributed by atoms with van der Waals surface area (Å²) in [7, 11) is 0. The zero-order valence-corrected chi connectivity index (χ0v) is 16.8. The maximum Gasteiger partial charge on any atom is 0.293 e. The summed E-state index contributed by atoms with van der Waals surface area (Å²) in [5, 5.41) is 12.4. The molecule has 0 saturated carbocycles. The Morgan fingerprint density at radius 3 is 2.70 bits per heavy atom. The van der Waals surface area contributed by atoms with Crippen LogP contribution in [-0.4, -0.2) is 29.5 Å². The van der Waals surface area contributed by atoms with Crippen molar-refractivity contribution in [3.05, 3.63) is 87.5 Å². The third kappa shape index (κ3) is 3.41. The minimum atomic E-state index is -0.361. The molecule has 0 bridgehead atoms. The van der Waals surface area contributed by atoms with Crippen LogP contribution in [0.1, 0.15) is 5.89 Å². The van der Waals surface area contributed by atoms with E-state index in [1.165, 1.54) is 27.7 Å². The van der Waals surface area contributed by atoms with Crippen LogP contribution in [0.2, 0.25) is 0 Å². The fourth-order valence-corrected chi connectivity index (χ4v) is 3.40. The maximum atomic E-state index is 13.1. The first kappa shape index (κ1) is 18.4. The summed E-state index contributed by atoms with van der Waals surface area (Å²) in [5.74, 6) is 0.332. The smallest absolute Gasteiger partial charge is 0.293 e. The molecule has 3 aromatic heterocycles. The molecule has 5 rings (SSSR count). The van der Waals surface area contributed by atoms with Crippen LogP contribution >= 0.6 is 15.9 Å². The molecule has 0 fully saturated rings. The Morgan fingerprint density at radius 2 is 1.90 bits per heavy atom. The van der Waals surface area contributed by atoms with Crippen LogP contribution in [0, 0.1) is 5.82 Å². The summed E-state index contributed by atoms with van der Waals surface area (Å²) in [4.78, 5) is 17.2. The summed E-state index contributed by atoms with van der Waals surface area (Å²) >= 11 is 3.41. The molecular formula is C20H12BrFN6O2. The van der Waals surface area contributed by atoms with E-state index in [0.717, 1.165) is 10.0 Å². The molecule has 2 aromatic carbocycles. The van der Waals surface area contributed by atoms with Crippen LogP contribution in [0.5, 0.6) is 0 Å². The molecule has 0 aliphatic heterocycles. The van der Waals surface area contributed by atoms with Crippen LogP contribution < -0.4 is 5.56 Å². The topological polar surface area (TPSA) is 91.1 Å². The van der Waals surface area contributed by atoms with E-state index in [9.17, 15) is 9.18 Å². The summed E-state index contributed by atoms with van der Waals surface area (Å²) < 4.78 is 21.9. The van der Waals surface area contributed by atoms with Gasteiger partial charge < -0.3 is 4.52 Å². The van der Waals surface area contributed by atoms with Gasteiger partial charge in [-0.3, -0.25) is 4.79 Å². The van der Waals surface area contributed by atoms with Gasteiger partial charge in [0.15, 0.2) is 0 Å². The van der Waals surface area contributed by atoms with Gasteiger partial charge in [0.05, 0.1) is 5.69 Å². The molecule has 8 nitrogen and oxygen atoms in total. The van der Waals surface area contributed by atoms with Crippen molar-refractivity contribution in [2.24, 2.45) is 0 Å². The van der Waals surface area contributed by atoms with Gasteiger partial charge in [-0.25, -0.2) is 13.6 Å². The highest BCUT2D eigenvalue weighted by atomic mass is 79.9. The van der Waals surface area contributed by atoms with Crippen molar-refractivity contribution in [1.29, 1.82) is 0 Å². The molecule has 0 aliphatic carbocycles. The molecule has 0 amide bonds. The van der Waals surface area contributed by atoms with Crippen molar-refractivity contribution < 1.29 is 8.91 Å². The zero-order valence-electron chi connectivity index (χ0n) is 15.2. The SMILES string of the molecule is O=c1c2cc(-c3ccc(F)cc3)nn2cnn1Cc1nc(-c2cccc(Br)c2)no1. The van der Waals surface area contributed by atoms with E-state index in [2.05, 4.69) is 36.3 Å². The number of rotatable bonds is 4. The second-order valence-corrected chi connectivity index (χ2v) is 7.40. The number of aromatic nitrogens is 6. The van der Waals surface area contributed by atoms with Crippen molar-refractivity contribution in [3.8, 4) is 22.6 Å². The molecule has 0 N–H and O–H groups in total. The Labute approximate surface area is 176 Å². The van der Waals surface area contributed by atoms with Gasteiger partial charge in [0.25, 0.3) is 5.56 Å². The van der Waals surface area contributed by atoms with Gasteiger partial charge in [-0.1, -0.05) is 33.2 Å². The van der Waals surface area contributed by atoms with Gasteiger partial charge in [-0.2, -0.15) is 15.2 Å². The average Bonchev–Trinajstić information content (AvgIpc) is 3.38. The van der Waals surface area contributed by atoms with Crippen LogP contribution in [0.4, 0.5) is 4.39 Å². The first-order valence-corrected chi connectivity index (χ1v) is 9.66. The molecule has 0 aliphatic rings. The molecule has 10 heteroatoms. The number of fused-ring (bicyclic) bond motifs is 1. The molecule has 0 atom stereocenters. The highest BCUT2D eigenvalue weighted by molar-refractivity contribution is 9.10. The van der Waals surface area contributed by atoms with E-state index in [4.69, 9.17) is 4.52 Å². The third-order valence-electron chi connectivity index (χ3n) is 4.47. The van der Waals surface area contributed by atoms with Crippen LogP contribution in [0.3, 0.4) is 0 Å². The van der Waals surface area contributed by atoms with E-state index in [1.807, 2.05) is 24.3 Å².